The third-order valence-electron chi connectivity index (χ3n) is 2.92. The van der Waals surface area contributed by atoms with Gasteiger partial charge < -0.3 is 14.7 Å². The van der Waals surface area contributed by atoms with Crippen LogP contribution >= 0.6 is 23.1 Å². The molecular weight excluding hydrogens is 298 g/mol. The van der Waals surface area contributed by atoms with Gasteiger partial charge in [0.05, 0.1) is 18.0 Å². The van der Waals surface area contributed by atoms with E-state index in [2.05, 4.69) is 0 Å². The van der Waals surface area contributed by atoms with Gasteiger partial charge in [-0.15, -0.1) is 23.1 Å². The first-order valence-corrected chi connectivity index (χ1v) is 8.20. The molecule has 1 amide bonds. The van der Waals surface area contributed by atoms with Gasteiger partial charge in [-0.2, -0.15) is 0 Å². The number of carboxylic acids is 1. The summed E-state index contributed by atoms with van der Waals surface area (Å²) in [6.07, 6.45) is 0.125. The van der Waals surface area contributed by atoms with E-state index in [1.807, 2.05) is 18.7 Å². The van der Waals surface area contributed by atoms with Crippen molar-refractivity contribution >= 4 is 35.0 Å². The van der Waals surface area contributed by atoms with Crippen LogP contribution in [0.4, 0.5) is 0 Å². The van der Waals surface area contributed by atoms with Crippen LogP contribution in [0.2, 0.25) is 0 Å². The molecule has 1 N–H and O–H groups in total. The maximum Gasteiger partial charge on any atom is 0.345 e. The van der Waals surface area contributed by atoms with Crippen molar-refractivity contribution in [2.75, 3.05) is 18.8 Å². The van der Waals surface area contributed by atoms with Gasteiger partial charge in [-0.1, -0.05) is 0 Å². The first kappa shape index (κ1) is 15.3. The summed E-state index contributed by atoms with van der Waals surface area (Å²) in [5.74, 6) is -0.529. The third kappa shape index (κ3) is 3.97. The van der Waals surface area contributed by atoms with E-state index in [1.165, 1.54) is 23.1 Å². The number of carbonyl (C=O) groups excluding carboxylic acids is 1. The van der Waals surface area contributed by atoms with Crippen molar-refractivity contribution in [3.63, 3.8) is 0 Å². The standard InChI is InChI=1S/C13H17NO4S2/c1-8-4-14(5-9(2)18-8)12(15)7-19-10-3-11(13(16)17)20-6-10/h3,6,8-9H,4-5,7H2,1-2H3,(H,16,17). The van der Waals surface area contributed by atoms with Crippen LogP contribution in [0.5, 0.6) is 0 Å². The van der Waals surface area contributed by atoms with Gasteiger partial charge in [-0.25, -0.2) is 4.79 Å². The number of thioether (sulfide) groups is 1. The number of nitrogens with zero attached hydrogens (tertiary/aromatic N) is 1. The lowest BCUT2D eigenvalue weighted by atomic mass is 10.2. The molecule has 1 aromatic heterocycles. The lowest BCUT2D eigenvalue weighted by Crippen LogP contribution is -2.48. The molecule has 0 aliphatic carbocycles. The summed E-state index contributed by atoms with van der Waals surface area (Å²) >= 11 is 2.56. The molecule has 1 aliphatic heterocycles. The minimum atomic E-state index is -0.927. The van der Waals surface area contributed by atoms with E-state index in [9.17, 15) is 9.59 Å². The molecular formula is C13H17NO4S2. The number of hydrogen-bond acceptors (Lipinski definition) is 5. The third-order valence-corrected chi connectivity index (χ3v) is 4.95. The summed E-state index contributed by atoms with van der Waals surface area (Å²) in [5.41, 5.74) is 0. The molecule has 110 valence electrons. The van der Waals surface area contributed by atoms with Gasteiger partial charge in [0, 0.05) is 23.4 Å². The number of carbonyl (C=O) groups is 2. The zero-order valence-corrected chi connectivity index (χ0v) is 13.0. The van der Waals surface area contributed by atoms with E-state index >= 15 is 0 Å². The summed E-state index contributed by atoms with van der Waals surface area (Å²) in [4.78, 5) is 25.9. The Hall–Kier alpha value is -1.05. The fourth-order valence-electron chi connectivity index (χ4n) is 2.12. The van der Waals surface area contributed by atoms with Crippen LogP contribution in [-0.2, 0) is 9.53 Å². The van der Waals surface area contributed by atoms with Gasteiger partial charge >= 0.3 is 5.97 Å². The van der Waals surface area contributed by atoms with Crippen molar-refractivity contribution in [3.05, 3.63) is 16.3 Å². The Morgan fingerprint density at radius 1 is 1.45 bits per heavy atom. The second-order valence-electron chi connectivity index (χ2n) is 4.80. The number of carboxylic acid groups (broad SMARTS) is 1. The molecule has 2 heterocycles. The average Bonchev–Trinajstić information content (AvgIpc) is 2.83. The smallest absolute Gasteiger partial charge is 0.345 e. The van der Waals surface area contributed by atoms with Gasteiger partial charge in [0.2, 0.25) is 5.91 Å². The van der Waals surface area contributed by atoms with Crippen LogP contribution < -0.4 is 0 Å². The molecule has 2 atom stereocenters. The molecule has 1 fully saturated rings. The van der Waals surface area contributed by atoms with Gasteiger partial charge in [0.25, 0.3) is 0 Å². The highest BCUT2D eigenvalue weighted by molar-refractivity contribution is 8.00. The summed E-state index contributed by atoms with van der Waals surface area (Å²) in [5, 5.41) is 10.6. The normalized spacial score (nSPS) is 22.8. The van der Waals surface area contributed by atoms with Crippen LogP contribution in [-0.4, -0.2) is 52.9 Å². The van der Waals surface area contributed by atoms with Crippen LogP contribution in [0.25, 0.3) is 0 Å². The summed E-state index contributed by atoms with van der Waals surface area (Å²) < 4.78 is 5.59. The van der Waals surface area contributed by atoms with Gasteiger partial charge in [-0.05, 0) is 19.9 Å². The first-order valence-electron chi connectivity index (χ1n) is 6.33. The molecule has 7 heteroatoms. The number of rotatable bonds is 4. The monoisotopic (exact) mass is 315 g/mol. The van der Waals surface area contributed by atoms with Gasteiger partial charge in [0.15, 0.2) is 0 Å². The number of ether oxygens (including phenoxy) is 1. The molecule has 1 aliphatic rings. The maximum atomic E-state index is 12.1. The number of hydrogen-bond donors (Lipinski definition) is 1. The molecule has 0 aromatic carbocycles. The highest BCUT2D eigenvalue weighted by Crippen LogP contribution is 2.25. The Bertz CT molecular complexity index is 492. The zero-order valence-electron chi connectivity index (χ0n) is 11.4. The van der Waals surface area contributed by atoms with Crippen molar-refractivity contribution in [2.45, 2.75) is 31.0 Å². The number of amides is 1. The van der Waals surface area contributed by atoms with E-state index in [4.69, 9.17) is 9.84 Å². The van der Waals surface area contributed by atoms with Crippen molar-refractivity contribution in [1.82, 2.24) is 4.90 Å². The highest BCUT2D eigenvalue weighted by atomic mass is 32.2. The molecule has 2 rings (SSSR count). The molecule has 2 unspecified atom stereocenters. The fraction of sp³-hybridized carbons (Fsp3) is 0.538. The molecule has 0 saturated carbocycles. The molecule has 0 spiro atoms. The Morgan fingerprint density at radius 2 is 2.10 bits per heavy atom. The second kappa shape index (κ2) is 6.60. The van der Waals surface area contributed by atoms with Crippen molar-refractivity contribution in [1.29, 1.82) is 0 Å². The van der Waals surface area contributed by atoms with E-state index in [-0.39, 0.29) is 18.1 Å². The second-order valence-corrected chi connectivity index (χ2v) is 6.76. The lowest BCUT2D eigenvalue weighted by molar-refractivity contribution is -0.140. The van der Waals surface area contributed by atoms with Crippen LogP contribution in [0.3, 0.4) is 0 Å². The predicted molar refractivity (Wildman–Crippen MR) is 78.6 cm³/mol. The average molecular weight is 315 g/mol. The van der Waals surface area contributed by atoms with E-state index in [0.29, 0.717) is 23.7 Å². The number of thiophene rings is 1. The fourth-order valence-corrected chi connectivity index (χ4v) is 3.90. The van der Waals surface area contributed by atoms with Crippen molar-refractivity contribution < 1.29 is 19.4 Å². The Morgan fingerprint density at radius 3 is 2.65 bits per heavy atom. The van der Waals surface area contributed by atoms with Crippen LogP contribution in [0.15, 0.2) is 16.3 Å². The molecule has 0 bridgehead atoms. The minimum absolute atomic E-state index is 0.0625. The first-order chi connectivity index (χ1) is 9.45. The van der Waals surface area contributed by atoms with Crippen molar-refractivity contribution in [2.24, 2.45) is 0 Å². The predicted octanol–water partition coefficient (Wildman–Crippen LogP) is 2.17. The Kier molecular flexibility index (Phi) is 5.06. The quantitative estimate of drug-likeness (QED) is 0.863. The summed E-state index contributed by atoms with van der Waals surface area (Å²) in [6, 6.07) is 1.61. The number of aromatic carboxylic acids is 1. The number of morpholine rings is 1. The summed E-state index contributed by atoms with van der Waals surface area (Å²) in [6.45, 7) is 5.16. The van der Waals surface area contributed by atoms with E-state index in [0.717, 1.165) is 4.90 Å². The van der Waals surface area contributed by atoms with Gasteiger partial charge in [0.1, 0.15) is 4.88 Å². The molecule has 20 heavy (non-hydrogen) atoms. The Labute approximate surface area is 125 Å². The molecule has 1 saturated heterocycles. The van der Waals surface area contributed by atoms with Gasteiger partial charge in [-0.3, -0.25) is 4.79 Å². The molecule has 5 nitrogen and oxygen atoms in total. The minimum Gasteiger partial charge on any atom is -0.477 e. The topological polar surface area (TPSA) is 66.8 Å². The largest absolute Gasteiger partial charge is 0.477 e. The van der Waals surface area contributed by atoms with Crippen LogP contribution in [0.1, 0.15) is 23.5 Å². The van der Waals surface area contributed by atoms with Crippen LogP contribution in [0, 0.1) is 0 Å². The van der Waals surface area contributed by atoms with E-state index in [1.54, 1.807) is 11.4 Å². The maximum absolute atomic E-state index is 12.1. The lowest BCUT2D eigenvalue weighted by Gasteiger charge is -2.35. The molecule has 1 aromatic rings. The summed E-state index contributed by atoms with van der Waals surface area (Å²) in [7, 11) is 0. The zero-order chi connectivity index (χ0) is 14.7. The Balaban J connectivity index is 1.86. The highest BCUT2D eigenvalue weighted by Gasteiger charge is 2.25. The van der Waals surface area contributed by atoms with Crippen molar-refractivity contribution in [3.8, 4) is 0 Å². The molecule has 0 radical (unpaired) electrons. The van der Waals surface area contributed by atoms with E-state index < -0.39 is 5.97 Å². The SMILES string of the molecule is CC1CN(C(=O)CSc2csc(C(=O)O)c2)CC(C)O1.